The summed E-state index contributed by atoms with van der Waals surface area (Å²) in [4.78, 5) is 10.9. The summed E-state index contributed by atoms with van der Waals surface area (Å²) in [6.07, 6.45) is -4.45. The number of rotatable bonds is 3. The molecule has 8 heteroatoms. The van der Waals surface area contributed by atoms with Gasteiger partial charge in [0.1, 0.15) is 0 Å². The first kappa shape index (κ1) is 14.3. The molecule has 0 heterocycles. The molecule has 0 fully saturated rings. The fraction of sp³-hybridized carbons (Fsp3) is 0.200. The van der Waals surface area contributed by atoms with Crippen LogP contribution in [0.25, 0.3) is 0 Å². The molecule has 0 spiro atoms. The summed E-state index contributed by atoms with van der Waals surface area (Å²) in [7, 11) is 1.10. The first-order valence-corrected chi connectivity index (χ1v) is 4.97. The number of anilines is 1. The van der Waals surface area contributed by atoms with E-state index in [-0.39, 0.29) is 5.69 Å². The van der Waals surface area contributed by atoms with Crippen molar-refractivity contribution in [2.24, 2.45) is 5.10 Å². The standard InChI is InChI=1S/C10H8ClF3N2O2/c1-18-9(17)8(11)16-15-7-4-2-3-6(5-7)10(12,13)14/h2-5,15H,1H3. The van der Waals surface area contributed by atoms with Gasteiger partial charge in [0.05, 0.1) is 18.4 Å². The van der Waals surface area contributed by atoms with Crippen molar-refractivity contribution in [2.45, 2.75) is 6.18 Å². The van der Waals surface area contributed by atoms with Gasteiger partial charge in [0.15, 0.2) is 0 Å². The van der Waals surface area contributed by atoms with Crippen LogP contribution in [0.15, 0.2) is 29.4 Å². The molecular weight excluding hydrogens is 273 g/mol. The Bertz CT molecular complexity index is 474. The van der Waals surface area contributed by atoms with Crippen molar-refractivity contribution in [1.82, 2.24) is 0 Å². The Hall–Kier alpha value is -1.76. The summed E-state index contributed by atoms with van der Waals surface area (Å²) in [5.41, 5.74) is 1.44. The fourth-order valence-corrected chi connectivity index (χ4v) is 1.13. The zero-order valence-corrected chi connectivity index (χ0v) is 9.84. The molecule has 0 aliphatic carbocycles. The minimum Gasteiger partial charge on any atom is -0.464 e. The highest BCUT2D eigenvalue weighted by Gasteiger charge is 2.30. The molecule has 1 N–H and O–H groups in total. The molecule has 1 rings (SSSR count). The number of benzene rings is 1. The van der Waals surface area contributed by atoms with E-state index in [9.17, 15) is 18.0 Å². The van der Waals surface area contributed by atoms with Gasteiger partial charge in [-0.25, -0.2) is 4.79 Å². The Morgan fingerprint density at radius 1 is 1.44 bits per heavy atom. The van der Waals surface area contributed by atoms with Gasteiger partial charge in [-0.1, -0.05) is 17.7 Å². The molecule has 0 unspecified atom stereocenters. The number of methoxy groups -OCH3 is 1. The predicted octanol–water partition coefficient (Wildman–Crippen LogP) is 2.84. The van der Waals surface area contributed by atoms with Crippen LogP contribution >= 0.6 is 11.6 Å². The van der Waals surface area contributed by atoms with Crippen LogP contribution < -0.4 is 5.43 Å². The molecule has 0 atom stereocenters. The van der Waals surface area contributed by atoms with Crippen molar-refractivity contribution in [1.29, 1.82) is 0 Å². The van der Waals surface area contributed by atoms with Crippen LogP contribution in [0.2, 0.25) is 0 Å². The van der Waals surface area contributed by atoms with E-state index in [1.165, 1.54) is 12.1 Å². The molecule has 0 aromatic heterocycles. The van der Waals surface area contributed by atoms with Gasteiger partial charge in [-0.2, -0.15) is 18.3 Å². The number of nitrogens with zero attached hydrogens (tertiary/aromatic N) is 1. The van der Waals surface area contributed by atoms with Crippen LogP contribution in [0.4, 0.5) is 18.9 Å². The highest BCUT2D eigenvalue weighted by molar-refractivity contribution is 6.82. The Balaban J connectivity index is 2.84. The zero-order chi connectivity index (χ0) is 13.8. The lowest BCUT2D eigenvalue weighted by molar-refractivity contribution is -0.137. The van der Waals surface area contributed by atoms with Crippen molar-refractivity contribution < 1.29 is 22.7 Å². The maximum absolute atomic E-state index is 12.4. The van der Waals surface area contributed by atoms with Gasteiger partial charge in [0.25, 0.3) is 0 Å². The lowest BCUT2D eigenvalue weighted by atomic mass is 10.2. The van der Waals surface area contributed by atoms with E-state index < -0.39 is 22.9 Å². The summed E-state index contributed by atoms with van der Waals surface area (Å²) in [6, 6.07) is 4.30. The Morgan fingerprint density at radius 3 is 2.67 bits per heavy atom. The normalized spacial score (nSPS) is 12.2. The maximum atomic E-state index is 12.4. The highest BCUT2D eigenvalue weighted by Crippen LogP contribution is 2.30. The molecule has 0 bridgehead atoms. The number of carbonyl (C=O) groups excluding carboxylic acids is 1. The van der Waals surface area contributed by atoms with E-state index in [0.29, 0.717) is 0 Å². The topological polar surface area (TPSA) is 50.7 Å². The quantitative estimate of drug-likeness (QED) is 0.526. The summed E-state index contributed by atoms with van der Waals surface area (Å²) in [5.74, 6) is -0.892. The van der Waals surface area contributed by atoms with Gasteiger partial charge in [-0.3, -0.25) is 5.43 Å². The molecule has 0 aliphatic heterocycles. The number of nitrogens with one attached hydrogen (secondary N) is 1. The summed E-state index contributed by atoms with van der Waals surface area (Å²) < 4.78 is 41.4. The third-order valence-corrected chi connectivity index (χ3v) is 2.07. The van der Waals surface area contributed by atoms with Crippen LogP contribution in [-0.2, 0) is 15.7 Å². The van der Waals surface area contributed by atoms with E-state index in [4.69, 9.17) is 11.6 Å². The Morgan fingerprint density at radius 2 is 2.11 bits per heavy atom. The van der Waals surface area contributed by atoms with Crippen LogP contribution in [0.1, 0.15) is 5.56 Å². The SMILES string of the molecule is COC(=O)C(Cl)=NNc1cccc(C(F)(F)F)c1. The van der Waals surface area contributed by atoms with Gasteiger partial charge < -0.3 is 4.74 Å². The minimum absolute atomic E-state index is 0.0480. The number of ether oxygens (including phenoxy) is 1. The lowest BCUT2D eigenvalue weighted by Gasteiger charge is -2.08. The number of halogens is 4. The lowest BCUT2D eigenvalue weighted by Crippen LogP contribution is -2.11. The molecular formula is C10H8ClF3N2O2. The third-order valence-electron chi connectivity index (χ3n) is 1.83. The predicted molar refractivity (Wildman–Crippen MR) is 60.4 cm³/mol. The molecule has 1 aromatic rings. The van der Waals surface area contributed by atoms with E-state index in [1.54, 1.807) is 0 Å². The molecule has 0 amide bonds. The monoisotopic (exact) mass is 280 g/mol. The minimum atomic E-state index is -4.45. The second-order valence-electron chi connectivity index (χ2n) is 3.08. The van der Waals surface area contributed by atoms with Crippen molar-refractivity contribution in [3.8, 4) is 0 Å². The van der Waals surface area contributed by atoms with E-state index in [1.807, 2.05) is 0 Å². The molecule has 0 radical (unpaired) electrons. The summed E-state index contributed by atoms with van der Waals surface area (Å²) >= 11 is 5.40. The summed E-state index contributed by atoms with van der Waals surface area (Å²) in [6.45, 7) is 0. The molecule has 4 nitrogen and oxygen atoms in total. The van der Waals surface area contributed by atoms with Crippen molar-refractivity contribution >= 4 is 28.4 Å². The highest BCUT2D eigenvalue weighted by atomic mass is 35.5. The zero-order valence-electron chi connectivity index (χ0n) is 9.08. The second-order valence-corrected chi connectivity index (χ2v) is 3.44. The second kappa shape index (κ2) is 5.72. The first-order chi connectivity index (χ1) is 8.34. The average molecular weight is 281 g/mol. The molecule has 98 valence electrons. The first-order valence-electron chi connectivity index (χ1n) is 4.59. The van der Waals surface area contributed by atoms with Crippen LogP contribution in [-0.4, -0.2) is 18.2 Å². The van der Waals surface area contributed by atoms with Gasteiger partial charge in [0, 0.05) is 0 Å². The average Bonchev–Trinajstić information content (AvgIpc) is 2.34. The van der Waals surface area contributed by atoms with Crippen LogP contribution in [0, 0.1) is 0 Å². The Kier molecular flexibility index (Phi) is 4.55. The molecule has 0 saturated heterocycles. The number of esters is 1. The number of hydrogen-bond donors (Lipinski definition) is 1. The smallest absolute Gasteiger partial charge is 0.416 e. The largest absolute Gasteiger partial charge is 0.464 e. The summed E-state index contributed by atoms with van der Waals surface area (Å²) in [5, 5.41) is 2.86. The van der Waals surface area contributed by atoms with Crippen LogP contribution in [0.5, 0.6) is 0 Å². The molecule has 18 heavy (non-hydrogen) atoms. The molecule has 0 aliphatic rings. The van der Waals surface area contributed by atoms with Gasteiger partial charge in [0.2, 0.25) is 5.17 Å². The van der Waals surface area contributed by atoms with E-state index in [2.05, 4.69) is 15.3 Å². The fourth-order valence-electron chi connectivity index (χ4n) is 1.01. The van der Waals surface area contributed by atoms with E-state index >= 15 is 0 Å². The van der Waals surface area contributed by atoms with Gasteiger partial charge >= 0.3 is 12.1 Å². The number of carbonyl (C=O) groups is 1. The number of alkyl halides is 3. The molecule has 1 aromatic carbocycles. The maximum Gasteiger partial charge on any atom is 0.416 e. The van der Waals surface area contributed by atoms with Crippen molar-refractivity contribution in [2.75, 3.05) is 12.5 Å². The van der Waals surface area contributed by atoms with Gasteiger partial charge in [-0.05, 0) is 18.2 Å². The number of hydrogen-bond acceptors (Lipinski definition) is 4. The van der Waals surface area contributed by atoms with Crippen LogP contribution in [0.3, 0.4) is 0 Å². The third kappa shape index (κ3) is 3.92. The molecule has 0 saturated carbocycles. The van der Waals surface area contributed by atoms with Crippen molar-refractivity contribution in [3.05, 3.63) is 29.8 Å². The van der Waals surface area contributed by atoms with E-state index in [0.717, 1.165) is 19.2 Å². The number of hydrazone groups is 1. The van der Waals surface area contributed by atoms with Gasteiger partial charge in [-0.15, -0.1) is 0 Å². The Labute approximate surface area is 105 Å². The van der Waals surface area contributed by atoms with Crippen molar-refractivity contribution in [3.63, 3.8) is 0 Å².